The highest BCUT2D eigenvalue weighted by molar-refractivity contribution is 5.97. The SMILES string of the molecule is Cc1nn(-c2ccccc2)c(C)c1CN(C)C(=O)c1ccc2c(c1)C[C@@H](c1ccccc1)OC2=O. The molecule has 0 aliphatic carbocycles. The van der Waals surface area contributed by atoms with Crippen LogP contribution in [0, 0.1) is 13.8 Å². The van der Waals surface area contributed by atoms with Gasteiger partial charge in [-0.1, -0.05) is 48.5 Å². The summed E-state index contributed by atoms with van der Waals surface area (Å²) in [6.07, 6.45) is 0.186. The molecule has 1 amide bonds. The van der Waals surface area contributed by atoms with E-state index in [-0.39, 0.29) is 18.0 Å². The number of hydrogen-bond donors (Lipinski definition) is 0. The molecule has 0 bridgehead atoms. The molecular formula is C29H27N3O3. The quantitative estimate of drug-likeness (QED) is 0.379. The number of nitrogens with zero attached hydrogens (tertiary/aromatic N) is 3. The molecular weight excluding hydrogens is 438 g/mol. The fraction of sp³-hybridized carbons (Fsp3) is 0.207. The fourth-order valence-corrected chi connectivity index (χ4v) is 4.64. The zero-order valence-electron chi connectivity index (χ0n) is 20.1. The molecule has 176 valence electrons. The summed E-state index contributed by atoms with van der Waals surface area (Å²) in [6.45, 7) is 4.43. The summed E-state index contributed by atoms with van der Waals surface area (Å²) in [6, 6.07) is 24.9. The van der Waals surface area contributed by atoms with Crippen molar-refractivity contribution in [2.45, 2.75) is 32.9 Å². The average molecular weight is 466 g/mol. The minimum Gasteiger partial charge on any atom is -0.454 e. The zero-order valence-corrected chi connectivity index (χ0v) is 20.1. The molecule has 0 N–H and O–H groups in total. The van der Waals surface area contributed by atoms with Crippen LogP contribution in [0.2, 0.25) is 0 Å². The van der Waals surface area contributed by atoms with Crippen LogP contribution >= 0.6 is 0 Å². The molecule has 4 aromatic rings. The van der Waals surface area contributed by atoms with Crippen LogP contribution in [0.25, 0.3) is 5.69 Å². The van der Waals surface area contributed by atoms with E-state index in [2.05, 4.69) is 0 Å². The molecule has 35 heavy (non-hydrogen) atoms. The number of aryl methyl sites for hydroxylation is 1. The number of ether oxygens (including phenoxy) is 1. The Labute approximate surface area is 204 Å². The molecule has 0 saturated heterocycles. The third-order valence-corrected chi connectivity index (χ3v) is 6.58. The fourth-order valence-electron chi connectivity index (χ4n) is 4.64. The maximum atomic E-state index is 13.3. The highest BCUT2D eigenvalue weighted by atomic mass is 16.5. The Morgan fingerprint density at radius 1 is 1.03 bits per heavy atom. The maximum Gasteiger partial charge on any atom is 0.339 e. The van der Waals surface area contributed by atoms with Crippen molar-refractivity contribution in [2.24, 2.45) is 0 Å². The second-order valence-electron chi connectivity index (χ2n) is 8.94. The van der Waals surface area contributed by atoms with Crippen LogP contribution < -0.4 is 0 Å². The Kier molecular flexibility index (Phi) is 5.95. The number of amides is 1. The molecule has 0 saturated carbocycles. The van der Waals surface area contributed by atoms with Gasteiger partial charge in [0.25, 0.3) is 5.91 Å². The molecule has 1 aliphatic rings. The number of benzene rings is 3. The van der Waals surface area contributed by atoms with Gasteiger partial charge in [0.05, 0.1) is 16.9 Å². The highest BCUT2D eigenvalue weighted by Gasteiger charge is 2.28. The predicted octanol–water partition coefficient (Wildman–Crippen LogP) is 5.22. The normalized spacial score (nSPS) is 14.8. The molecule has 5 rings (SSSR count). The van der Waals surface area contributed by atoms with Crippen molar-refractivity contribution in [3.05, 3.63) is 118 Å². The van der Waals surface area contributed by atoms with E-state index in [1.165, 1.54) is 0 Å². The van der Waals surface area contributed by atoms with Crippen molar-refractivity contribution < 1.29 is 14.3 Å². The Balaban J connectivity index is 1.37. The van der Waals surface area contributed by atoms with Crippen LogP contribution in [0.4, 0.5) is 0 Å². The molecule has 6 heteroatoms. The van der Waals surface area contributed by atoms with E-state index < -0.39 is 0 Å². The van der Waals surface area contributed by atoms with E-state index in [4.69, 9.17) is 9.84 Å². The van der Waals surface area contributed by atoms with E-state index in [1.54, 1.807) is 24.1 Å². The van der Waals surface area contributed by atoms with Crippen LogP contribution in [0.3, 0.4) is 0 Å². The molecule has 6 nitrogen and oxygen atoms in total. The lowest BCUT2D eigenvalue weighted by Gasteiger charge is -2.26. The number of rotatable bonds is 5. The van der Waals surface area contributed by atoms with E-state index >= 15 is 0 Å². The molecule has 1 aliphatic heterocycles. The van der Waals surface area contributed by atoms with Crippen LogP contribution in [-0.2, 0) is 17.7 Å². The molecule has 2 heterocycles. The Hall–Kier alpha value is -4.19. The molecule has 0 unspecified atom stereocenters. The van der Waals surface area contributed by atoms with Crippen LogP contribution in [0.15, 0.2) is 78.9 Å². The van der Waals surface area contributed by atoms with E-state index in [0.29, 0.717) is 24.1 Å². The smallest absolute Gasteiger partial charge is 0.339 e. The van der Waals surface area contributed by atoms with Crippen LogP contribution in [0.5, 0.6) is 0 Å². The zero-order chi connectivity index (χ0) is 24.5. The maximum absolute atomic E-state index is 13.3. The first-order chi connectivity index (χ1) is 16.9. The average Bonchev–Trinajstić information content (AvgIpc) is 3.17. The van der Waals surface area contributed by atoms with Gasteiger partial charge in [0.2, 0.25) is 0 Å². The molecule has 0 radical (unpaired) electrons. The van der Waals surface area contributed by atoms with Crippen molar-refractivity contribution in [2.75, 3.05) is 7.05 Å². The van der Waals surface area contributed by atoms with Gasteiger partial charge in [-0.05, 0) is 55.3 Å². The molecule has 0 fully saturated rings. The van der Waals surface area contributed by atoms with Gasteiger partial charge < -0.3 is 9.64 Å². The lowest BCUT2D eigenvalue weighted by atomic mass is 9.93. The highest BCUT2D eigenvalue weighted by Crippen LogP contribution is 2.31. The molecule has 1 atom stereocenters. The minimum absolute atomic E-state index is 0.103. The van der Waals surface area contributed by atoms with Gasteiger partial charge in [0, 0.05) is 36.8 Å². The van der Waals surface area contributed by atoms with Crippen molar-refractivity contribution in [1.29, 1.82) is 0 Å². The second kappa shape index (κ2) is 9.22. The first-order valence-corrected chi connectivity index (χ1v) is 11.7. The molecule has 1 aromatic heterocycles. The second-order valence-corrected chi connectivity index (χ2v) is 8.94. The van der Waals surface area contributed by atoms with Crippen molar-refractivity contribution in [3.8, 4) is 5.69 Å². The lowest BCUT2D eigenvalue weighted by Crippen LogP contribution is -2.28. The first kappa shape index (κ1) is 22.6. The number of cyclic esters (lactones) is 1. The number of esters is 1. The summed E-state index contributed by atoms with van der Waals surface area (Å²) in [5, 5.41) is 4.70. The van der Waals surface area contributed by atoms with Gasteiger partial charge in [-0.2, -0.15) is 5.10 Å². The number of hydrogen-bond acceptors (Lipinski definition) is 4. The van der Waals surface area contributed by atoms with E-state index in [0.717, 1.165) is 33.8 Å². The van der Waals surface area contributed by atoms with Gasteiger partial charge in [-0.25, -0.2) is 9.48 Å². The van der Waals surface area contributed by atoms with E-state index in [1.807, 2.05) is 85.3 Å². The summed E-state index contributed by atoms with van der Waals surface area (Å²) >= 11 is 0. The summed E-state index contributed by atoms with van der Waals surface area (Å²) < 4.78 is 7.56. The molecule has 3 aromatic carbocycles. The summed E-state index contributed by atoms with van der Waals surface area (Å²) in [4.78, 5) is 27.6. The number of carbonyl (C=O) groups excluding carboxylic acids is 2. The molecule has 0 spiro atoms. The van der Waals surface area contributed by atoms with Crippen LogP contribution in [0.1, 0.15) is 54.9 Å². The van der Waals surface area contributed by atoms with Gasteiger partial charge in [-0.3, -0.25) is 4.79 Å². The lowest BCUT2D eigenvalue weighted by molar-refractivity contribution is 0.0252. The van der Waals surface area contributed by atoms with Crippen molar-refractivity contribution in [3.63, 3.8) is 0 Å². The van der Waals surface area contributed by atoms with Crippen molar-refractivity contribution >= 4 is 11.9 Å². The number of aromatic nitrogens is 2. The largest absolute Gasteiger partial charge is 0.454 e. The summed E-state index contributed by atoms with van der Waals surface area (Å²) in [5.41, 5.74) is 6.77. The number of para-hydroxylation sites is 1. The topological polar surface area (TPSA) is 64.4 Å². The van der Waals surface area contributed by atoms with Gasteiger partial charge in [0.15, 0.2) is 0 Å². The van der Waals surface area contributed by atoms with E-state index in [9.17, 15) is 9.59 Å². The van der Waals surface area contributed by atoms with Crippen molar-refractivity contribution in [1.82, 2.24) is 14.7 Å². The number of carbonyl (C=O) groups is 2. The minimum atomic E-state index is -0.355. The van der Waals surface area contributed by atoms with Crippen LogP contribution in [-0.4, -0.2) is 33.6 Å². The van der Waals surface area contributed by atoms with Gasteiger partial charge in [-0.15, -0.1) is 0 Å². The van der Waals surface area contributed by atoms with Gasteiger partial charge in [0.1, 0.15) is 6.10 Å². The number of fused-ring (bicyclic) bond motifs is 1. The standard InChI is InChI=1S/C29H27N3O3/c1-19-26(20(2)32(30-19)24-12-8-5-9-13-24)18-31(3)28(33)22-14-15-25-23(16-22)17-27(35-29(25)34)21-10-6-4-7-11-21/h4-16,27H,17-18H2,1-3H3/t27-/m0/s1. The summed E-state index contributed by atoms with van der Waals surface area (Å²) in [5.74, 6) is -0.457. The Morgan fingerprint density at radius 2 is 1.71 bits per heavy atom. The van der Waals surface area contributed by atoms with Gasteiger partial charge >= 0.3 is 5.97 Å². The monoisotopic (exact) mass is 465 g/mol. The Morgan fingerprint density at radius 3 is 2.43 bits per heavy atom. The summed E-state index contributed by atoms with van der Waals surface area (Å²) in [7, 11) is 1.79. The predicted molar refractivity (Wildman–Crippen MR) is 134 cm³/mol. The third-order valence-electron chi connectivity index (χ3n) is 6.58. The third kappa shape index (κ3) is 4.35. The first-order valence-electron chi connectivity index (χ1n) is 11.7. The Bertz CT molecular complexity index is 1390.